The number of nitrogens with two attached hydrogens (primary N) is 1. The zero-order valence-electron chi connectivity index (χ0n) is 8.33. The minimum Gasteiger partial charge on any atom is -0.324 e. The summed E-state index contributed by atoms with van der Waals surface area (Å²) in [5.74, 6) is 0. The first-order valence-electron chi connectivity index (χ1n) is 4.88. The van der Waals surface area contributed by atoms with Crippen molar-refractivity contribution >= 4 is 0 Å². The second kappa shape index (κ2) is 4.04. The molecule has 1 heterocycles. The van der Waals surface area contributed by atoms with Crippen LogP contribution in [0.15, 0.2) is 30.3 Å². The highest BCUT2D eigenvalue weighted by Gasteiger charge is 2.50. The van der Waals surface area contributed by atoms with Crippen molar-refractivity contribution in [3.05, 3.63) is 35.9 Å². The van der Waals surface area contributed by atoms with Gasteiger partial charge in [-0.25, -0.2) is 10.9 Å². The maximum atomic E-state index is 12.5. The Balaban J connectivity index is 2.17. The van der Waals surface area contributed by atoms with Crippen LogP contribution in [0.4, 0.5) is 13.2 Å². The number of hydrazine groups is 1. The highest BCUT2D eigenvalue weighted by Crippen LogP contribution is 2.30. The molecule has 1 aromatic carbocycles. The molecule has 1 aliphatic rings. The molecule has 3 nitrogen and oxygen atoms in total. The van der Waals surface area contributed by atoms with Crippen molar-refractivity contribution in [3.63, 3.8) is 0 Å². The molecule has 6 heteroatoms. The summed E-state index contributed by atoms with van der Waals surface area (Å²) in [4.78, 5) is 0. The number of benzene rings is 1. The summed E-state index contributed by atoms with van der Waals surface area (Å²) in [6.45, 7) is 0. The van der Waals surface area contributed by atoms with Gasteiger partial charge in [-0.15, -0.1) is 0 Å². The average Bonchev–Trinajstić information content (AvgIpc) is 2.61. The first-order valence-corrected chi connectivity index (χ1v) is 4.88. The van der Waals surface area contributed by atoms with Gasteiger partial charge in [-0.05, 0) is 5.56 Å². The summed E-state index contributed by atoms with van der Waals surface area (Å²) < 4.78 is 37.6. The summed E-state index contributed by atoms with van der Waals surface area (Å²) in [5.41, 5.74) is 11.1. The zero-order chi connectivity index (χ0) is 11.8. The lowest BCUT2D eigenvalue weighted by atomic mass is 9.97. The van der Waals surface area contributed by atoms with Gasteiger partial charge in [-0.2, -0.15) is 13.2 Å². The van der Waals surface area contributed by atoms with Gasteiger partial charge in [0.05, 0.1) is 12.1 Å². The lowest BCUT2D eigenvalue weighted by Gasteiger charge is -2.20. The Kier molecular flexibility index (Phi) is 2.88. The average molecular weight is 231 g/mol. The monoisotopic (exact) mass is 231 g/mol. The fourth-order valence-electron chi connectivity index (χ4n) is 1.83. The van der Waals surface area contributed by atoms with E-state index in [1.54, 1.807) is 30.3 Å². The van der Waals surface area contributed by atoms with Crippen LogP contribution in [0.2, 0.25) is 0 Å². The molecule has 0 saturated carbocycles. The molecule has 1 saturated heterocycles. The first-order chi connectivity index (χ1) is 7.50. The van der Waals surface area contributed by atoms with Crippen molar-refractivity contribution in [1.82, 2.24) is 10.9 Å². The Labute approximate surface area is 90.8 Å². The van der Waals surface area contributed by atoms with E-state index in [0.29, 0.717) is 0 Å². The number of alkyl halides is 3. The number of hydrogen-bond donors (Lipinski definition) is 3. The summed E-state index contributed by atoms with van der Waals surface area (Å²) in [7, 11) is 0. The molecular weight excluding hydrogens is 219 g/mol. The predicted molar refractivity (Wildman–Crippen MR) is 53.3 cm³/mol. The van der Waals surface area contributed by atoms with Gasteiger partial charge in [0.1, 0.15) is 6.04 Å². The van der Waals surface area contributed by atoms with Gasteiger partial charge >= 0.3 is 6.18 Å². The molecule has 0 amide bonds. The molecule has 0 spiro atoms. The maximum absolute atomic E-state index is 12.5. The Morgan fingerprint density at radius 1 is 1.06 bits per heavy atom. The van der Waals surface area contributed by atoms with Crippen LogP contribution in [0, 0.1) is 0 Å². The van der Waals surface area contributed by atoms with E-state index in [4.69, 9.17) is 5.73 Å². The zero-order valence-corrected chi connectivity index (χ0v) is 8.33. The highest BCUT2D eigenvalue weighted by molar-refractivity contribution is 5.23. The van der Waals surface area contributed by atoms with Crippen molar-refractivity contribution < 1.29 is 13.2 Å². The topological polar surface area (TPSA) is 50.1 Å². The number of rotatable bonds is 1. The largest absolute Gasteiger partial charge is 0.406 e. The van der Waals surface area contributed by atoms with Crippen molar-refractivity contribution in [2.45, 2.75) is 24.3 Å². The van der Waals surface area contributed by atoms with Gasteiger partial charge in [-0.1, -0.05) is 30.3 Å². The van der Waals surface area contributed by atoms with E-state index >= 15 is 0 Å². The molecule has 0 aromatic heterocycles. The molecule has 2 rings (SSSR count). The normalized spacial score (nSPS) is 30.6. The van der Waals surface area contributed by atoms with E-state index < -0.39 is 24.3 Å². The summed E-state index contributed by atoms with van der Waals surface area (Å²) >= 11 is 0. The molecule has 0 aliphatic carbocycles. The Hall–Kier alpha value is -1.11. The fraction of sp³-hybridized carbons (Fsp3) is 0.400. The van der Waals surface area contributed by atoms with E-state index in [2.05, 4.69) is 10.9 Å². The van der Waals surface area contributed by atoms with Crippen molar-refractivity contribution in [3.8, 4) is 0 Å². The third kappa shape index (κ3) is 2.04. The molecule has 3 atom stereocenters. The van der Waals surface area contributed by atoms with Crippen LogP contribution in [-0.2, 0) is 0 Å². The summed E-state index contributed by atoms with van der Waals surface area (Å²) in [5, 5.41) is 0. The molecule has 0 bridgehead atoms. The Morgan fingerprint density at radius 3 is 2.19 bits per heavy atom. The van der Waals surface area contributed by atoms with Gasteiger partial charge in [-0.3, -0.25) is 0 Å². The van der Waals surface area contributed by atoms with Crippen LogP contribution in [0.25, 0.3) is 0 Å². The summed E-state index contributed by atoms with van der Waals surface area (Å²) in [6.07, 6.45) is -4.34. The maximum Gasteiger partial charge on any atom is 0.406 e. The number of halogens is 3. The quantitative estimate of drug-likeness (QED) is 0.678. The number of nitrogens with one attached hydrogen (secondary N) is 2. The van der Waals surface area contributed by atoms with Crippen LogP contribution in [-0.4, -0.2) is 18.3 Å². The lowest BCUT2D eigenvalue weighted by molar-refractivity contribution is -0.155. The van der Waals surface area contributed by atoms with Crippen molar-refractivity contribution in [2.24, 2.45) is 5.73 Å². The van der Waals surface area contributed by atoms with Crippen LogP contribution in [0.3, 0.4) is 0 Å². The fourth-order valence-corrected chi connectivity index (χ4v) is 1.83. The molecule has 1 aromatic rings. The van der Waals surface area contributed by atoms with Crippen LogP contribution >= 0.6 is 0 Å². The smallest absolute Gasteiger partial charge is 0.324 e. The molecule has 4 N–H and O–H groups in total. The van der Waals surface area contributed by atoms with Crippen molar-refractivity contribution in [2.75, 3.05) is 0 Å². The van der Waals surface area contributed by atoms with Gasteiger partial charge in [0, 0.05) is 0 Å². The predicted octanol–water partition coefficient (Wildman–Crippen LogP) is 1.09. The SMILES string of the molecule is NC1C(c2ccccc2)NNC1C(F)(F)F. The Bertz CT molecular complexity index is 352. The van der Waals surface area contributed by atoms with Crippen LogP contribution in [0.1, 0.15) is 11.6 Å². The van der Waals surface area contributed by atoms with Gasteiger partial charge in [0.15, 0.2) is 0 Å². The lowest BCUT2D eigenvalue weighted by Crippen LogP contribution is -2.49. The van der Waals surface area contributed by atoms with Crippen LogP contribution < -0.4 is 16.6 Å². The molecule has 1 fully saturated rings. The van der Waals surface area contributed by atoms with E-state index in [1.165, 1.54) is 0 Å². The minimum atomic E-state index is -4.34. The molecule has 0 radical (unpaired) electrons. The second-order valence-corrected chi connectivity index (χ2v) is 3.77. The molecule has 88 valence electrons. The molecule has 16 heavy (non-hydrogen) atoms. The first kappa shape index (κ1) is 11.4. The highest BCUT2D eigenvalue weighted by atomic mass is 19.4. The Morgan fingerprint density at radius 2 is 1.69 bits per heavy atom. The van der Waals surface area contributed by atoms with Gasteiger partial charge in [0.2, 0.25) is 0 Å². The third-order valence-electron chi connectivity index (χ3n) is 2.68. The van der Waals surface area contributed by atoms with Crippen LogP contribution in [0.5, 0.6) is 0 Å². The minimum absolute atomic E-state index is 0.521. The molecule has 1 aliphatic heterocycles. The number of hydrogen-bond acceptors (Lipinski definition) is 3. The van der Waals surface area contributed by atoms with Gasteiger partial charge < -0.3 is 5.73 Å². The van der Waals surface area contributed by atoms with E-state index in [-0.39, 0.29) is 0 Å². The van der Waals surface area contributed by atoms with E-state index in [1.807, 2.05) is 0 Å². The summed E-state index contributed by atoms with van der Waals surface area (Å²) in [6, 6.07) is 5.58. The van der Waals surface area contributed by atoms with E-state index in [0.717, 1.165) is 5.56 Å². The molecular formula is C10H12F3N3. The van der Waals surface area contributed by atoms with Crippen molar-refractivity contribution in [1.29, 1.82) is 0 Å². The van der Waals surface area contributed by atoms with Gasteiger partial charge in [0.25, 0.3) is 0 Å². The molecule has 3 unspecified atom stereocenters. The standard InChI is InChI=1S/C10H12F3N3/c11-10(12,13)9-7(14)8(15-16-9)6-4-2-1-3-5-6/h1-5,7-9,15-16H,14H2. The second-order valence-electron chi connectivity index (χ2n) is 3.77. The van der Waals surface area contributed by atoms with E-state index in [9.17, 15) is 13.2 Å². The third-order valence-corrected chi connectivity index (χ3v) is 2.68.